The molecular formula is C14H19NO4S. The molecule has 0 spiro atoms. The second kappa shape index (κ2) is 5.54. The van der Waals surface area contributed by atoms with E-state index in [4.69, 9.17) is 9.88 Å². The smallest absolute Gasteiger partial charge is 0.338 e. The molecule has 0 aliphatic heterocycles. The fraction of sp³-hybridized carbons (Fsp3) is 0.500. The second-order valence-electron chi connectivity index (χ2n) is 5.27. The Balaban J connectivity index is 2.32. The van der Waals surface area contributed by atoms with Crippen molar-refractivity contribution in [3.63, 3.8) is 0 Å². The normalized spacial score (nSPS) is 16.4. The van der Waals surface area contributed by atoms with Gasteiger partial charge in [0.15, 0.2) is 0 Å². The lowest BCUT2D eigenvalue weighted by Gasteiger charge is -2.13. The van der Waals surface area contributed by atoms with Crippen LogP contribution in [0.3, 0.4) is 0 Å². The summed E-state index contributed by atoms with van der Waals surface area (Å²) in [5, 5.41) is 5.18. The Morgan fingerprint density at radius 3 is 2.40 bits per heavy atom. The van der Waals surface area contributed by atoms with Gasteiger partial charge in [0.05, 0.1) is 10.5 Å². The quantitative estimate of drug-likeness (QED) is 0.865. The molecule has 1 aromatic carbocycles. The highest BCUT2D eigenvalue weighted by atomic mass is 32.2. The van der Waals surface area contributed by atoms with E-state index in [-0.39, 0.29) is 16.6 Å². The number of rotatable bonds is 3. The summed E-state index contributed by atoms with van der Waals surface area (Å²) >= 11 is 0. The molecule has 5 nitrogen and oxygen atoms in total. The van der Waals surface area contributed by atoms with Gasteiger partial charge in [0, 0.05) is 0 Å². The van der Waals surface area contributed by atoms with Crippen molar-refractivity contribution in [2.45, 2.75) is 50.5 Å². The summed E-state index contributed by atoms with van der Waals surface area (Å²) in [5.41, 5.74) is 1.50. The molecule has 0 bridgehead atoms. The molecule has 0 amide bonds. The minimum absolute atomic E-state index is 0.0177. The van der Waals surface area contributed by atoms with Gasteiger partial charge < -0.3 is 4.74 Å². The molecule has 2 rings (SSSR count). The van der Waals surface area contributed by atoms with E-state index in [1.54, 1.807) is 19.9 Å². The van der Waals surface area contributed by atoms with Crippen molar-refractivity contribution in [2.24, 2.45) is 5.14 Å². The fourth-order valence-electron chi connectivity index (χ4n) is 2.47. The van der Waals surface area contributed by atoms with Gasteiger partial charge in [-0.25, -0.2) is 18.4 Å². The van der Waals surface area contributed by atoms with Crippen LogP contribution in [0.2, 0.25) is 0 Å². The Kier molecular flexibility index (Phi) is 4.15. The van der Waals surface area contributed by atoms with E-state index in [1.807, 2.05) is 0 Å². The van der Waals surface area contributed by atoms with Crippen molar-refractivity contribution in [1.82, 2.24) is 0 Å². The van der Waals surface area contributed by atoms with Gasteiger partial charge in [0.2, 0.25) is 10.0 Å². The highest BCUT2D eigenvalue weighted by Crippen LogP contribution is 2.24. The molecule has 1 aliphatic rings. The molecule has 1 aromatic rings. The first-order chi connectivity index (χ1) is 9.29. The second-order valence-corrected chi connectivity index (χ2v) is 6.80. The molecule has 0 saturated heterocycles. The van der Waals surface area contributed by atoms with Crippen LogP contribution in [0.1, 0.15) is 47.2 Å². The number of ether oxygens (including phenoxy) is 1. The van der Waals surface area contributed by atoms with Crippen LogP contribution in [0.4, 0.5) is 0 Å². The Morgan fingerprint density at radius 1 is 1.25 bits per heavy atom. The third kappa shape index (κ3) is 3.19. The third-order valence-electron chi connectivity index (χ3n) is 3.74. The van der Waals surface area contributed by atoms with Crippen LogP contribution in [-0.2, 0) is 14.8 Å². The number of sulfonamides is 1. The number of carbonyl (C=O) groups excluding carboxylic acids is 1. The number of hydrogen-bond donors (Lipinski definition) is 1. The summed E-state index contributed by atoms with van der Waals surface area (Å²) in [7, 11) is -3.85. The van der Waals surface area contributed by atoms with Gasteiger partial charge in [-0.15, -0.1) is 0 Å². The van der Waals surface area contributed by atoms with Gasteiger partial charge in [0.25, 0.3) is 0 Å². The lowest BCUT2D eigenvalue weighted by atomic mass is 10.1. The number of nitrogens with two attached hydrogens (primary N) is 1. The highest BCUT2D eigenvalue weighted by Gasteiger charge is 2.22. The van der Waals surface area contributed by atoms with Crippen LogP contribution >= 0.6 is 0 Å². The Bertz CT molecular complexity index is 631. The van der Waals surface area contributed by atoms with Gasteiger partial charge in [-0.3, -0.25) is 0 Å². The van der Waals surface area contributed by atoms with Gasteiger partial charge in [0.1, 0.15) is 6.10 Å². The van der Waals surface area contributed by atoms with E-state index in [9.17, 15) is 13.2 Å². The first kappa shape index (κ1) is 15.0. The van der Waals surface area contributed by atoms with E-state index in [0.717, 1.165) is 25.7 Å². The number of primary sulfonamides is 1. The largest absolute Gasteiger partial charge is 0.459 e. The summed E-state index contributed by atoms with van der Waals surface area (Å²) in [5.74, 6) is -0.482. The maximum atomic E-state index is 12.1. The fourth-order valence-corrected chi connectivity index (χ4v) is 3.34. The van der Waals surface area contributed by atoms with Crippen molar-refractivity contribution >= 4 is 16.0 Å². The van der Waals surface area contributed by atoms with E-state index in [2.05, 4.69) is 0 Å². The molecule has 20 heavy (non-hydrogen) atoms. The first-order valence-electron chi connectivity index (χ1n) is 6.64. The molecule has 0 radical (unpaired) electrons. The summed E-state index contributed by atoms with van der Waals surface area (Å²) in [6.45, 7) is 3.41. The maximum Gasteiger partial charge on any atom is 0.338 e. The molecule has 0 atom stereocenters. The average molecular weight is 297 g/mol. The molecule has 6 heteroatoms. The van der Waals surface area contributed by atoms with E-state index in [0.29, 0.717) is 11.1 Å². The predicted octanol–water partition coefficient (Wildman–Crippen LogP) is 2.05. The van der Waals surface area contributed by atoms with Crippen molar-refractivity contribution in [1.29, 1.82) is 0 Å². The average Bonchev–Trinajstić information content (AvgIpc) is 2.83. The summed E-state index contributed by atoms with van der Waals surface area (Å²) in [4.78, 5) is 12.1. The van der Waals surface area contributed by atoms with E-state index >= 15 is 0 Å². The number of aryl methyl sites for hydroxylation is 1. The molecule has 0 heterocycles. The molecule has 1 saturated carbocycles. The molecule has 1 fully saturated rings. The summed E-state index contributed by atoms with van der Waals surface area (Å²) in [6.07, 6.45) is 3.82. The Hall–Kier alpha value is -1.40. The van der Waals surface area contributed by atoms with Gasteiger partial charge >= 0.3 is 5.97 Å². The topological polar surface area (TPSA) is 86.5 Å². The third-order valence-corrected chi connectivity index (χ3v) is 4.77. The molecule has 0 aromatic heterocycles. The number of esters is 1. The van der Waals surface area contributed by atoms with E-state index in [1.165, 1.54) is 6.07 Å². The number of benzene rings is 1. The first-order valence-corrected chi connectivity index (χ1v) is 8.18. The zero-order chi connectivity index (χ0) is 14.9. The van der Waals surface area contributed by atoms with Crippen LogP contribution < -0.4 is 5.14 Å². The Morgan fingerprint density at radius 2 is 1.85 bits per heavy atom. The van der Waals surface area contributed by atoms with E-state index < -0.39 is 16.0 Å². The summed E-state index contributed by atoms with van der Waals surface area (Å²) in [6, 6.07) is 2.94. The molecular weight excluding hydrogens is 278 g/mol. The van der Waals surface area contributed by atoms with Crippen LogP contribution in [0.5, 0.6) is 0 Å². The zero-order valence-electron chi connectivity index (χ0n) is 11.7. The lowest BCUT2D eigenvalue weighted by Crippen LogP contribution is -2.18. The van der Waals surface area contributed by atoms with Crippen molar-refractivity contribution in [3.8, 4) is 0 Å². The van der Waals surface area contributed by atoms with Crippen molar-refractivity contribution < 1.29 is 17.9 Å². The van der Waals surface area contributed by atoms with Crippen LogP contribution in [0.15, 0.2) is 17.0 Å². The molecule has 110 valence electrons. The SMILES string of the molecule is Cc1cc(C(=O)OC2CCCC2)cc(S(N)(=O)=O)c1C. The molecule has 1 aliphatic carbocycles. The molecule has 0 unspecified atom stereocenters. The number of carbonyl (C=O) groups is 1. The van der Waals surface area contributed by atoms with Gasteiger partial charge in [-0.1, -0.05) is 0 Å². The lowest BCUT2D eigenvalue weighted by molar-refractivity contribution is 0.0317. The highest BCUT2D eigenvalue weighted by molar-refractivity contribution is 7.89. The van der Waals surface area contributed by atoms with Crippen LogP contribution in [0.25, 0.3) is 0 Å². The minimum atomic E-state index is -3.85. The van der Waals surface area contributed by atoms with Crippen molar-refractivity contribution in [2.75, 3.05) is 0 Å². The number of hydrogen-bond acceptors (Lipinski definition) is 4. The minimum Gasteiger partial charge on any atom is -0.459 e. The zero-order valence-corrected chi connectivity index (χ0v) is 12.5. The standard InChI is InChI=1S/C14H19NO4S/c1-9-7-11(8-13(10(9)2)20(15,17)18)14(16)19-12-5-3-4-6-12/h7-8,12H,3-6H2,1-2H3,(H2,15,17,18). The van der Waals surface area contributed by atoms with Crippen molar-refractivity contribution in [3.05, 3.63) is 28.8 Å². The predicted molar refractivity (Wildman–Crippen MR) is 75.0 cm³/mol. The Labute approximate surface area is 119 Å². The maximum absolute atomic E-state index is 12.1. The van der Waals surface area contributed by atoms with Crippen LogP contribution in [-0.4, -0.2) is 20.5 Å². The monoisotopic (exact) mass is 297 g/mol. The summed E-state index contributed by atoms with van der Waals surface area (Å²) < 4.78 is 28.5. The van der Waals surface area contributed by atoms with Gasteiger partial charge in [-0.05, 0) is 62.8 Å². The molecule has 2 N–H and O–H groups in total. The van der Waals surface area contributed by atoms with Crippen LogP contribution in [0, 0.1) is 13.8 Å². The van der Waals surface area contributed by atoms with Gasteiger partial charge in [-0.2, -0.15) is 0 Å².